The maximum absolute atomic E-state index is 5.84. The summed E-state index contributed by atoms with van der Waals surface area (Å²) >= 11 is 0. The molecule has 100 valence electrons. The maximum Gasteiger partial charge on any atom is 0.221 e. The minimum atomic E-state index is 0.686. The Labute approximate surface area is 119 Å². The number of rotatable bonds is 4. The summed E-state index contributed by atoms with van der Waals surface area (Å²) in [5, 5.41) is 1.13. The van der Waals surface area contributed by atoms with Gasteiger partial charge in [0.25, 0.3) is 0 Å². The van der Waals surface area contributed by atoms with Gasteiger partial charge in [-0.15, -0.1) is 0 Å². The van der Waals surface area contributed by atoms with Gasteiger partial charge in [0.1, 0.15) is 0 Å². The Kier molecular flexibility index (Phi) is 3.64. The number of ether oxygens (including phenoxy) is 1. The zero-order valence-electron chi connectivity index (χ0n) is 11.5. The van der Waals surface area contributed by atoms with Crippen molar-refractivity contribution in [3.05, 3.63) is 60.7 Å². The van der Waals surface area contributed by atoms with Crippen LogP contribution in [0.2, 0.25) is 0 Å². The number of para-hydroxylation sites is 1. The van der Waals surface area contributed by atoms with Crippen LogP contribution in [0.1, 0.15) is 13.3 Å². The summed E-state index contributed by atoms with van der Waals surface area (Å²) in [6, 6.07) is 20.6. The van der Waals surface area contributed by atoms with Crippen molar-refractivity contribution in [2.24, 2.45) is 0 Å². The number of hydrogen-bond acceptors (Lipinski definition) is 2. The first-order chi connectivity index (χ1) is 9.88. The lowest BCUT2D eigenvalue weighted by Crippen LogP contribution is -1.99. The minimum absolute atomic E-state index is 0.686. The Balaban J connectivity index is 2.16. The van der Waals surface area contributed by atoms with E-state index in [1.165, 1.54) is 0 Å². The average molecular weight is 263 g/mol. The summed E-state index contributed by atoms with van der Waals surface area (Å²) in [6.07, 6.45) is 0.975. The Morgan fingerprint density at radius 1 is 0.950 bits per heavy atom. The predicted octanol–water partition coefficient (Wildman–Crippen LogP) is 4.69. The molecule has 3 rings (SSSR count). The average Bonchev–Trinajstić information content (AvgIpc) is 2.53. The molecule has 2 nitrogen and oxygen atoms in total. The molecule has 0 fully saturated rings. The predicted molar refractivity (Wildman–Crippen MR) is 83.0 cm³/mol. The first kappa shape index (κ1) is 12.7. The van der Waals surface area contributed by atoms with E-state index >= 15 is 0 Å². The Hall–Kier alpha value is -2.35. The highest BCUT2D eigenvalue weighted by atomic mass is 16.5. The fourth-order valence-electron chi connectivity index (χ4n) is 2.23. The van der Waals surface area contributed by atoms with E-state index < -0.39 is 0 Å². The molecule has 0 aliphatic carbocycles. The van der Waals surface area contributed by atoms with Crippen LogP contribution in [0.15, 0.2) is 60.7 Å². The molecule has 0 radical (unpaired) electrons. The molecule has 0 saturated heterocycles. The molecule has 1 heterocycles. The van der Waals surface area contributed by atoms with Gasteiger partial charge in [-0.25, -0.2) is 4.98 Å². The Morgan fingerprint density at radius 2 is 1.70 bits per heavy atom. The van der Waals surface area contributed by atoms with Crippen LogP contribution < -0.4 is 4.74 Å². The van der Waals surface area contributed by atoms with Gasteiger partial charge in [-0.2, -0.15) is 0 Å². The number of benzene rings is 2. The van der Waals surface area contributed by atoms with Gasteiger partial charge < -0.3 is 4.74 Å². The molecule has 0 aliphatic heterocycles. The van der Waals surface area contributed by atoms with Crippen molar-refractivity contribution < 1.29 is 4.74 Å². The summed E-state index contributed by atoms with van der Waals surface area (Å²) in [5.74, 6) is 0.719. The van der Waals surface area contributed by atoms with Gasteiger partial charge in [0.05, 0.1) is 12.1 Å². The van der Waals surface area contributed by atoms with E-state index in [0.29, 0.717) is 6.61 Å². The van der Waals surface area contributed by atoms with Crippen LogP contribution in [0.4, 0.5) is 0 Å². The lowest BCUT2D eigenvalue weighted by Gasteiger charge is -2.11. The van der Waals surface area contributed by atoms with E-state index in [1.807, 2.05) is 36.4 Å². The van der Waals surface area contributed by atoms with E-state index in [1.54, 1.807) is 0 Å². The highest BCUT2D eigenvalue weighted by Gasteiger charge is 2.09. The van der Waals surface area contributed by atoms with Crippen molar-refractivity contribution in [1.82, 2.24) is 4.98 Å². The molecule has 1 aromatic heterocycles. The van der Waals surface area contributed by atoms with Gasteiger partial charge in [0.2, 0.25) is 5.88 Å². The fraction of sp³-hybridized carbons (Fsp3) is 0.167. The number of aromatic nitrogens is 1. The number of nitrogens with zero attached hydrogens (tertiary/aromatic N) is 1. The van der Waals surface area contributed by atoms with Crippen molar-refractivity contribution in [3.8, 4) is 17.0 Å². The quantitative estimate of drug-likeness (QED) is 0.681. The van der Waals surface area contributed by atoms with Crippen molar-refractivity contribution in [2.45, 2.75) is 13.3 Å². The highest BCUT2D eigenvalue weighted by molar-refractivity contribution is 5.86. The van der Waals surface area contributed by atoms with E-state index in [2.05, 4.69) is 36.2 Å². The van der Waals surface area contributed by atoms with Crippen LogP contribution in [0.3, 0.4) is 0 Å². The lowest BCUT2D eigenvalue weighted by atomic mass is 10.0. The molecule has 0 spiro atoms. The van der Waals surface area contributed by atoms with E-state index in [9.17, 15) is 0 Å². The van der Waals surface area contributed by atoms with Crippen molar-refractivity contribution in [2.75, 3.05) is 6.61 Å². The molecule has 2 heteroatoms. The zero-order chi connectivity index (χ0) is 13.8. The molecule has 0 bridgehead atoms. The van der Waals surface area contributed by atoms with Crippen LogP contribution in [-0.2, 0) is 0 Å². The molecule has 3 aromatic rings. The minimum Gasteiger partial charge on any atom is -0.477 e. The molecule has 0 saturated carbocycles. The van der Waals surface area contributed by atoms with Gasteiger partial charge in [-0.05, 0) is 24.1 Å². The molecule has 0 amide bonds. The second-order valence-electron chi connectivity index (χ2n) is 4.75. The second kappa shape index (κ2) is 5.74. The normalized spacial score (nSPS) is 10.7. The summed E-state index contributed by atoms with van der Waals surface area (Å²) in [4.78, 5) is 4.67. The molecular weight excluding hydrogens is 246 g/mol. The third kappa shape index (κ3) is 2.50. The number of fused-ring (bicyclic) bond motifs is 1. The van der Waals surface area contributed by atoms with E-state index in [-0.39, 0.29) is 0 Å². The van der Waals surface area contributed by atoms with E-state index in [4.69, 9.17) is 4.74 Å². The summed E-state index contributed by atoms with van der Waals surface area (Å²) < 4.78 is 5.84. The largest absolute Gasteiger partial charge is 0.477 e. The molecule has 0 N–H and O–H groups in total. The smallest absolute Gasteiger partial charge is 0.221 e. The van der Waals surface area contributed by atoms with Gasteiger partial charge >= 0.3 is 0 Å². The van der Waals surface area contributed by atoms with Gasteiger partial charge in [-0.1, -0.05) is 55.5 Å². The third-order valence-electron chi connectivity index (χ3n) is 3.22. The molecular formula is C18H17NO. The molecule has 0 unspecified atom stereocenters. The van der Waals surface area contributed by atoms with Crippen LogP contribution in [0.5, 0.6) is 5.88 Å². The zero-order valence-corrected chi connectivity index (χ0v) is 11.5. The summed E-state index contributed by atoms with van der Waals surface area (Å²) in [5.41, 5.74) is 3.16. The van der Waals surface area contributed by atoms with E-state index in [0.717, 1.165) is 34.3 Å². The summed E-state index contributed by atoms with van der Waals surface area (Å²) in [7, 11) is 0. The third-order valence-corrected chi connectivity index (χ3v) is 3.22. The molecule has 0 atom stereocenters. The topological polar surface area (TPSA) is 22.1 Å². The van der Waals surface area contributed by atoms with Crippen molar-refractivity contribution >= 4 is 10.9 Å². The Bertz CT molecular complexity index is 707. The van der Waals surface area contributed by atoms with Gasteiger partial charge in [0.15, 0.2) is 0 Å². The van der Waals surface area contributed by atoms with Crippen LogP contribution in [0, 0.1) is 0 Å². The van der Waals surface area contributed by atoms with Crippen LogP contribution >= 0.6 is 0 Å². The second-order valence-corrected chi connectivity index (χ2v) is 4.75. The summed E-state index contributed by atoms with van der Waals surface area (Å²) in [6.45, 7) is 2.79. The van der Waals surface area contributed by atoms with Crippen molar-refractivity contribution in [3.63, 3.8) is 0 Å². The first-order valence-corrected chi connectivity index (χ1v) is 6.96. The Morgan fingerprint density at radius 3 is 2.50 bits per heavy atom. The fourth-order valence-corrected chi connectivity index (χ4v) is 2.23. The molecule has 2 aromatic carbocycles. The van der Waals surface area contributed by atoms with Gasteiger partial charge in [0, 0.05) is 10.9 Å². The molecule has 0 aliphatic rings. The standard InChI is InChI=1S/C18H17NO/c1-2-12-20-18-16(14-8-4-3-5-9-14)13-15-10-6-7-11-17(15)19-18/h3-11,13H,2,12H2,1H3. The lowest BCUT2D eigenvalue weighted by molar-refractivity contribution is 0.308. The first-order valence-electron chi connectivity index (χ1n) is 6.96. The van der Waals surface area contributed by atoms with Crippen LogP contribution in [0.25, 0.3) is 22.0 Å². The monoisotopic (exact) mass is 263 g/mol. The van der Waals surface area contributed by atoms with Crippen LogP contribution in [-0.4, -0.2) is 11.6 Å². The molecule has 20 heavy (non-hydrogen) atoms. The number of pyridine rings is 1. The maximum atomic E-state index is 5.84. The highest BCUT2D eigenvalue weighted by Crippen LogP contribution is 2.31. The SMILES string of the molecule is CCCOc1nc2ccccc2cc1-c1ccccc1. The number of hydrogen-bond donors (Lipinski definition) is 0. The van der Waals surface area contributed by atoms with Gasteiger partial charge in [-0.3, -0.25) is 0 Å². The van der Waals surface area contributed by atoms with Crippen molar-refractivity contribution in [1.29, 1.82) is 0 Å².